The predicted molar refractivity (Wildman–Crippen MR) is 83.8 cm³/mol. The van der Waals surface area contributed by atoms with Gasteiger partial charge >= 0.3 is 0 Å². The van der Waals surface area contributed by atoms with Gasteiger partial charge in [0.25, 0.3) is 0 Å². The molecule has 0 heterocycles. The molecule has 0 saturated heterocycles. The summed E-state index contributed by atoms with van der Waals surface area (Å²) in [7, 11) is 0. The summed E-state index contributed by atoms with van der Waals surface area (Å²) in [6.45, 7) is 2.23. The lowest BCUT2D eigenvalue weighted by Gasteiger charge is -2.13. The van der Waals surface area contributed by atoms with Crippen molar-refractivity contribution in [2.45, 2.75) is 13.5 Å². The number of nitrogen functional groups attached to an aromatic ring is 1. The summed E-state index contributed by atoms with van der Waals surface area (Å²) in [6, 6.07) is 10.9. The first-order valence-electron chi connectivity index (χ1n) is 5.88. The standard InChI is InChI=1S/C15H12BrClN2O/c1-9-4-12(16)6-14(19)15(9)20-8-11-3-2-10(7-18)5-13(11)17/h2-6H,8,19H2,1H3. The summed E-state index contributed by atoms with van der Waals surface area (Å²) in [5.41, 5.74) is 8.79. The fraction of sp³-hybridized carbons (Fsp3) is 0.133. The Morgan fingerprint density at radius 3 is 2.70 bits per heavy atom. The summed E-state index contributed by atoms with van der Waals surface area (Å²) in [5, 5.41) is 9.31. The van der Waals surface area contributed by atoms with Crippen LogP contribution < -0.4 is 10.5 Å². The average molecular weight is 352 g/mol. The number of aryl methyl sites for hydroxylation is 1. The van der Waals surface area contributed by atoms with Crippen LogP contribution in [0.5, 0.6) is 5.75 Å². The van der Waals surface area contributed by atoms with Gasteiger partial charge in [0.15, 0.2) is 0 Å². The highest BCUT2D eigenvalue weighted by molar-refractivity contribution is 9.10. The van der Waals surface area contributed by atoms with Crippen molar-refractivity contribution < 1.29 is 4.74 Å². The Kier molecular flexibility index (Phi) is 4.53. The molecule has 5 heteroatoms. The number of ether oxygens (including phenoxy) is 1. The summed E-state index contributed by atoms with van der Waals surface area (Å²) < 4.78 is 6.66. The number of hydrogen-bond donors (Lipinski definition) is 1. The molecular formula is C15H12BrClN2O. The third-order valence-corrected chi connectivity index (χ3v) is 3.63. The molecule has 0 radical (unpaired) electrons. The number of nitrogens with zero attached hydrogens (tertiary/aromatic N) is 1. The molecule has 20 heavy (non-hydrogen) atoms. The molecule has 0 aliphatic heterocycles. The van der Waals surface area contributed by atoms with E-state index in [1.54, 1.807) is 24.3 Å². The van der Waals surface area contributed by atoms with Crippen LogP contribution in [0.1, 0.15) is 16.7 Å². The summed E-state index contributed by atoms with van der Waals surface area (Å²) in [5.74, 6) is 0.647. The molecule has 2 aromatic rings. The molecule has 102 valence electrons. The second-order valence-corrected chi connectivity index (χ2v) is 5.67. The smallest absolute Gasteiger partial charge is 0.145 e. The number of nitriles is 1. The average Bonchev–Trinajstić information content (AvgIpc) is 2.39. The molecule has 0 spiro atoms. The first-order chi connectivity index (χ1) is 9.51. The van der Waals surface area contributed by atoms with Crippen molar-refractivity contribution in [1.82, 2.24) is 0 Å². The lowest BCUT2D eigenvalue weighted by molar-refractivity contribution is 0.306. The van der Waals surface area contributed by atoms with Gasteiger partial charge in [-0.1, -0.05) is 33.6 Å². The normalized spacial score (nSPS) is 10.1. The third-order valence-electron chi connectivity index (χ3n) is 2.82. The lowest BCUT2D eigenvalue weighted by atomic mass is 10.1. The Bertz CT molecular complexity index is 672. The molecule has 0 aromatic heterocycles. The highest BCUT2D eigenvalue weighted by Crippen LogP contribution is 2.31. The van der Waals surface area contributed by atoms with E-state index in [2.05, 4.69) is 15.9 Å². The van der Waals surface area contributed by atoms with Gasteiger partial charge in [-0.25, -0.2) is 0 Å². The van der Waals surface area contributed by atoms with Gasteiger partial charge in [0.2, 0.25) is 0 Å². The van der Waals surface area contributed by atoms with E-state index in [1.807, 2.05) is 19.1 Å². The van der Waals surface area contributed by atoms with Crippen LogP contribution in [0.4, 0.5) is 5.69 Å². The zero-order valence-corrected chi connectivity index (χ0v) is 13.1. The zero-order valence-electron chi connectivity index (χ0n) is 10.8. The van der Waals surface area contributed by atoms with E-state index in [-0.39, 0.29) is 0 Å². The van der Waals surface area contributed by atoms with E-state index in [9.17, 15) is 0 Å². The van der Waals surface area contributed by atoms with Gasteiger partial charge in [-0.05, 0) is 36.8 Å². The van der Waals surface area contributed by atoms with Gasteiger partial charge in [0.1, 0.15) is 12.4 Å². The number of benzene rings is 2. The Labute approximate surface area is 131 Å². The predicted octanol–water partition coefficient (Wildman–Crippen LogP) is 4.44. The van der Waals surface area contributed by atoms with Crippen LogP contribution in [0.2, 0.25) is 5.02 Å². The summed E-state index contributed by atoms with van der Waals surface area (Å²) in [6.07, 6.45) is 0. The van der Waals surface area contributed by atoms with Crippen LogP contribution in [0, 0.1) is 18.3 Å². The van der Waals surface area contributed by atoms with Crippen molar-refractivity contribution in [3.05, 3.63) is 56.5 Å². The highest BCUT2D eigenvalue weighted by Gasteiger charge is 2.08. The second kappa shape index (κ2) is 6.17. The molecule has 0 aliphatic carbocycles. The lowest BCUT2D eigenvalue weighted by Crippen LogP contribution is -2.01. The van der Waals surface area contributed by atoms with Gasteiger partial charge in [0, 0.05) is 15.1 Å². The number of halogens is 2. The van der Waals surface area contributed by atoms with Crippen LogP contribution in [0.25, 0.3) is 0 Å². The Hall–Kier alpha value is -1.70. The monoisotopic (exact) mass is 350 g/mol. The van der Waals surface area contributed by atoms with Crippen LogP contribution in [0.15, 0.2) is 34.8 Å². The molecule has 0 aliphatic rings. The molecule has 3 nitrogen and oxygen atoms in total. The van der Waals surface area contributed by atoms with E-state index < -0.39 is 0 Å². The molecular weight excluding hydrogens is 340 g/mol. The van der Waals surface area contributed by atoms with Gasteiger partial charge < -0.3 is 10.5 Å². The molecule has 0 atom stereocenters. The number of anilines is 1. The minimum absolute atomic E-state index is 0.303. The van der Waals surface area contributed by atoms with E-state index in [0.29, 0.717) is 28.6 Å². The summed E-state index contributed by atoms with van der Waals surface area (Å²) in [4.78, 5) is 0. The maximum Gasteiger partial charge on any atom is 0.145 e. The van der Waals surface area contributed by atoms with Gasteiger partial charge in [-0.15, -0.1) is 0 Å². The van der Waals surface area contributed by atoms with Crippen molar-refractivity contribution >= 4 is 33.2 Å². The molecule has 0 amide bonds. The van der Waals surface area contributed by atoms with Crippen molar-refractivity contribution in [1.29, 1.82) is 5.26 Å². The van der Waals surface area contributed by atoms with Crippen molar-refractivity contribution in [2.75, 3.05) is 5.73 Å². The largest absolute Gasteiger partial charge is 0.486 e. The molecule has 2 N–H and O–H groups in total. The minimum Gasteiger partial charge on any atom is -0.486 e. The first kappa shape index (κ1) is 14.7. The van der Waals surface area contributed by atoms with E-state index >= 15 is 0 Å². The van der Waals surface area contributed by atoms with Gasteiger partial charge in [-0.3, -0.25) is 0 Å². The Morgan fingerprint density at radius 2 is 2.10 bits per heavy atom. The van der Waals surface area contributed by atoms with E-state index in [0.717, 1.165) is 15.6 Å². The van der Waals surface area contributed by atoms with E-state index in [4.69, 9.17) is 27.3 Å². The SMILES string of the molecule is Cc1cc(Br)cc(N)c1OCc1ccc(C#N)cc1Cl. The molecule has 0 bridgehead atoms. The number of rotatable bonds is 3. The highest BCUT2D eigenvalue weighted by atomic mass is 79.9. The van der Waals surface area contributed by atoms with Crippen molar-refractivity contribution in [3.63, 3.8) is 0 Å². The van der Waals surface area contributed by atoms with Crippen LogP contribution >= 0.6 is 27.5 Å². The second-order valence-electron chi connectivity index (χ2n) is 4.35. The van der Waals surface area contributed by atoms with Crippen LogP contribution in [-0.4, -0.2) is 0 Å². The number of nitrogens with two attached hydrogens (primary N) is 1. The van der Waals surface area contributed by atoms with Crippen LogP contribution in [0.3, 0.4) is 0 Å². The molecule has 0 unspecified atom stereocenters. The minimum atomic E-state index is 0.303. The van der Waals surface area contributed by atoms with Crippen LogP contribution in [-0.2, 0) is 6.61 Å². The maximum absolute atomic E-state index is 8.80. The Balaban J connectivity index is 2.20. The number of hydrogen-bond acceptors (Lipinski definition) is 3. The van der Waals surface area contributed by atoms with Crippen molar-refractivity contribution in [3.8, 4) is 11.8 Å². The maximum atomic E-state index is 8.80. The van der Waals surface area contributed by atoms with Crippen molar-refractivity contribution in [2.24, 2.45) is 0 Å². The first-order valence-corrected chi connectivity index (χ1v) is 7.05. The van der Waals surface area contributed by atoms with E-state index in [1.165, 1.54) is 0 Å². The summed E-state index contributed by atoms with van der Waals surface area (Å²) >= 11 is 9.49. The molecule has 2 aromatic carbocycles. The molecule has 2 rings (SSSR count). The zero-order chi connectivity index (χ0) is 14.7. The molecule has 0 saturated carbocycles. The fourth-order valence-electron chi connectivity index (χ4n) is 1.84. The quantitative estimate of drug-likeness (QED) is 0.831. The van der Waals surface area contributed by atoms with Gasteiger partial charge in [0.05, 0.1) is 17.3 Å². The topological polar surface area (TPSA) is 59.0 Å². The molecule has 0 fully saturated rings. The Morgan fingerprint density at radius 1 is 1.35 bits per heavy atom. The fourth-order valence-corrected chi connectivity index (χ4v) is 2.66. The van der Waals surface area contributed by atoms with Gasteiger partial charge in [-0.2, -0.15) is 5.26 Å². The third kappa shape index (κ3) is 3.24.